The summed E-state index contributed by atoms with van der Waals surface area (Å²) in [6.45, 7) is 35.0. The van der Waals surface area contributed by atoms with Crippen molar-refractivity contribution in [2.75, 3.05) is 13.1 Å². The molecule has 5 amide bonds. The van der Waals surface area contributed by atoms with Gasteiger partial charge in [-0.2, -0.15) is 0 Å². The van der Waals surface area contributed by atoms with E-state index in [0.29, 0.717) is 96.6 Å². The summed E-state index contributed by atoms with van der Waals surface area (Å²) in [6, 6.07) is -2.86. The Kier molecular flexibility index (Phi) is 22.6. The van der Waals surface area contributed by atoms with Gasteiger partial charge in [-0.1, -0.05) is 174 Å². The molecule has 2 saturated heterocycles. The average Bonchev–Trinajstić information content (AvgIpc) is 1.46. The summed E-state index contributed by atoms with van der Waals surface area (Å²) in [4.78, 5) is 133. The topological polar surface area (TPSA) is 300 Å². The van der Waals surface area contributed by atoms with Crippen molar-refractivity contribution in [3.05, 3.63) is 0 Å². The van der Waals surface area contributed by atoms with Gasteiger partial charge in [-0.25, -0.2) is 21.6 Å². The second-order valence-electron chi connectivity index (χ2n) is 41.2. The van der Waals surface area contributed by atoms with Crippen molar-refractivity contribution in [2.24, 2.45) is 95.4 Å². The number of alkyl carbamates (subject to hydrolysis) is 1. The number of nitrogens with one attached hydrogen (secondary N) is 3. The molecule has 604 valence electrons. The lowest BCUT2D eigenvalue weighted by atomic mass is 9.73. The minimum absolute atomic E-state index is 0.0330. The molecule has 12 aliphatic rings. The molecular formula is C85H138N6O14S2. The maximum atomic E-state index is 15.2. The second kappa shape index (κ2) is 29.0. The number of sulfonamides is 2. The molecule has 0 aromatic heterocycles. The van der Waals surface area contributed by atoms with Gasteiger partial charge in [0.25, 0.3) is 0 Å². The fourth-order valence-corrected chi connectivity index (χ4v) is 27.5. The van der Waals surface area contributed by atoms with E-state index in [2.05, 4.69) is 42.5 Å². The highest BCUT2D eigenvalue weighted by molar-refractivity contribution is 7.92. The van der Waals surface area contributed by atoms with Crippen LogP contribution < -0.4 is 20.5 Å². The number of nitrogens with two attached hydrogens (primary N) is 1. The van der Waals surface area contributed by atoms with Crippen molar-refractivity contribution in [2.45, 2.75) is 375 Å². The number of Topliss-reactive ketones (excluding diaryl/α,β-unsaturated/α-hetero) is 4. The van der Waals surface area contributed by atoms with Gasteiger partial charge in [-0.05, 0) is 193 Å². The Bertz CT molecular complexity index is 3700. The normalized spacial score (nSPS) is 32.1. The molecule has 5 N–H and O–H groups in total. The molecule has 0 aromatic carbocycles. The Hall–Kier alpha value is -4.31. The molecule has 4 spiro atoms. The molecule has 12 rings (SSSR count). The first-order valence-electron chi connectivity index (χ1n) is 42.3. The van der Waals surface area contributed by atoms with E-state index in [1.807, 2.05) is 69.2 Å². The lowest BCUT2D eigenvalue weighted by Crippen LogP contribution is -2.52. The zero-order valence-corrected chi connectivity index (χ0v) is 70.4. The molecule has 0 bridgehead atoms. The van der Waals surface area contributed by atoms with Crippen LogP contribution in [0, 0.1) is 89.7 Å². The third kappa shape index (κ3) is 14.4. The first-order chi connectivity index (χ1) is 49.6. The molecule has 0 radical (unpaired) electrons. The second-order valence-corrected chi connectivity index (χ2v) is 45.4. The first kappa shape index (κ1) is 83.6. The van der Waals surface area contributed by atoms with Gasteiger partial charge in [0.15, 0.2) is 23.1 Å². The van der Waals surface area contributed by atoms with E-state index in [9.17, 15) is 55.2 Å². The van der Waals surface area contributed by atoms with Crippen LogP contribution in [-0.2, 0) is 63.1 Å². The lowest BCUT2D eigenvalue weighted by Gasteiger charge is -2.37. The highest BCUT2D eigenvalue weighted by Gasteiger charge is 2.87. The molecule has 107 heavy (non-hydrogen) atoms. The first-order valence-corrected chi connectivity index (χ1v) is 45.2. The van der Waals surface area contributed by atoms with Crippen LogP contribution in [-0.4, -0.2) is 132 Å². The summed E-state index contributed by atoms with van der Waals surface area (Å²) in [7, 11) is -7.78. The summed E-state index contributed by atoms with van der Waals surface area (Å²) in [5, 5.41) is 2.91. The highest BCUT2D eigenvalue weighted by Crippen LogP contribution is 2.89. The summed E-state index contributed by atoms with van der Waals surface area (Å²) < 4.78 is 62.7. The summed E-state index contributed by atoms with van der Waals surface area (Å²) in [6.07, 6.45) is 23.3. The van der Waals surface area contributed by atoms with E-state index in [1.165, 1.54) is 6.42 Å². The monoisotopic (exact) mass is 1530 g/mol. The highest BCUT2D eigenvalue weighted by atomic mass is 32.2. The molecule has 2 aliphatic heterocycles. The van der Waals surface area contributed by atoms with Crippen LogP contribution in [0.2, 0.25) is 0 Å². The van der Waals surface area contributed by atoms with Crippen molar-refractivity contribution in [3.63, 3.8) is 0 Å². The van der Waals surface area contributed by atoms with Gasteiger partial charge in [0.1, 0.15) is 5.60 Å². The van der Waals surface area contributed by atoms with Gasteiger partial charge in [0, 0.05) is 61.4 Å². The van der Waals surface area contributed by atoms with E-state index in [-0.39, 0.29) is 117 Å². The molecule has 2 heterocycles. The van der Waals surface area contributed by atoms with Crippen LogP contribution in [0.1, 0.15) is 336 Å². The van der Waals surface area contributed by atoms with Crippen LogP contribution >= 0.6 is 0 Å². The molecule has 20 nitrogen and oxygen atoms in total. The Morgan fingerprint density at radius 3 is 1.15 bits per heavy atom. The number of nitrogens with zero attached hydrogens (tertiary/aromatic N) is 2. The zero-order valence-electron chi connectivity index (χ0n) is 68.7. The lowest BCUT2D eigenvalue weighted by molar-refractivity contribution is -0.146. The number of ether oxygens (including phenoxy) is 1. The number of likely N-dealkylation sites (tertiary alicyclic amines) is 2. The predicted octanol–water partition coefficient (Wildman–Crippen LogP) is 14.5. The fraction of sp³-hybridized carbons (Fsp3) is 0.894. The van der Waals surface area contributed by atoms with Crippen LogP contribution in [0.25, 0.3) is 0 Å². The van der Waals surface area contributed by atoms with E-state index in [1.54, 1.807) is 30.6 Å². The molecule has 12 atom stereocenters. The molecule has 0 aromatic rings. The maximum absolute atomic E-state index is 15.2. The fourth-order valence-electron chi connectivity index (χ4n) is 23.9. The van der Waals surface area contributed by atoms with E-state index >= 15 is 4.79 Å². The SMILES string of the molecule is CCCC1(S(=O)(=O)NC(=O)[C@@]2(CC(=O)[C@@H]3C[C@@]4(CN3C(=O)[C@@H](CC(=O)[C@@H](N)C3CCCCC3)C(C)(C)C)C(C)(C)C43CCC3)C[C@H]2CC)CC1.CCCC1(S(=O)(=O)NC(=O)[C@@]2(CC(=O)[C@@H]3C[C@@]4(CN3C(=O)[C@@H](CC(=O)[C@@H](NC(=O)OC(C)(C)C)C3CCCCC3)C(C)(C)C)C(C)(C)C43CCC3)C[C@H]2CC)CC1. The van der Waals surface area contributed by atoms with Crippen LogP contribution in [0.5, 0.6) is 0 Å². The van der Waals surface area contributed by atoms with Crippen LogP contribution in [0.4, 0.5) is 4.79 Å². The smallest absolute Gasteiger partial charge is 0.408 e. The molecule has 0 unspecified atom stereocenters. The van der Waals surface area contributed by atoms with E-state index in [4.69, 9.17) is 10.5 Å². The van der Waals surface area contributed by atoms with Crippen molar-refractivity contribution >= 4 is 72.9 Å². The number of ketones is 4. The van der Waals surface area contributed by atoms with Gasteiger partial charge < -0.3 is 25.6 Å². The molecule has 10 saturated carbocycles. The van der Waals surface area contributed by atoms with Crippen molar-refractivity contribution in [3.8, 4) is 0 Å². The Balaban J connectivity index is 0.000000215. The Morgan fingerprint density at radius 1 is 0.486 bits per heavy atom. The van der Waals surface area contributed by atoms with Gasteiger partial charge in [-0.15, -0.1) is 0 Å². The minimum atomic E-state index is -3.91. The number of amides is 5. The number of hydrogen-bond donors (Lipinski definition) is 4. The molecule has 22 heteroatoms. The zero-order chi connectivity index (χ0) is 78.9. The van der Waals surface area contributed by atoms with Crippen molar-refractivity contribution in [1.82, 2.24) is 24.6 Å². The van der Waals surface area contributed by atoms with Gasteiger partial charge in [-0.3, -0.25) is 47.8 Å². The third-order valence-electron chi connectivity index (χ3n) is 32.1. The molecular weight excluding hydrogens is 1390 g/mol. The van der Waals surface area contributed by atoms with Crippen LogP contribution in [0.15, 0.2) is 0 Å². The number of fused-ring (bicyclic) bond motifs is 2. The summed E-state index contributed by atoms with van der Waals surface area (Å²) in [5.74, 6) is -3.65. The maximum Gasteiger partial charge on any atom is 0.408 e. The average molecular weight is 1530 g/mol. The predicted molar refractivity (Wildman–Crippen MR) is 413 cm³/mol. The van der Waals surface area contributed by atoms with Gasteiger partial charge >= 0.3 is 6.09 Å². The standard InChI is InChI=1S/C45H73N3O8S.C40H65N3O6S/c1-11-19-42(22-23-42)57(54,55)47-37(52)43(25-30(43)12-2)27-34(50)32-26-45(41(9,10)44(45)20-16-21-44)28-48(32)36(51)31(39(3,4)5)24-33(49)35(29-17-14-13-15-18-29)46-38(53)56-40(6,7)8;1-8-16-37(19-20-37)50(48,49)42-34(47)38(22-27(38)9-2)24-31(45)29-23-40(36(6,7)39(40)17-13-18-39)25-43(29)33(46)28(35(3,4)5)21-30(44)32(41)26-14-11-10-12-15-26/h29-32,35H,11-28H2,1-10H3,(H,46,53)(H,47,52);26-29,32H,8-25,41H2,1-7H3,(H,42,47)/t30-,31-,32+,35+,43-,45-;27-,28-,29+,32+,38-,40-/m11/s1. The summed E-state index contributed by atoms with van der Waals surface area (Å²) >= 11 is 0. The third-order valence-corrected chi connectivity index (χ3v) is 36.5. The van der Waals surface area contributed by atoms with E-state index < -0.39 is 111 Å². The largest absolute Gasteiger partial charge is 0.444 e. The number of rotatable bonds is 29. The van der Waals surface area contributed by atoms with E-state index in [0.717, 1.165) is 103 Å². The quantitative estimate of drug-likeness (QED) is 0.0541. The Morgan fingerprint density at radius 2 is 0.850 bits per heavy atom. The molecule has 12 fully saturated rings. The van der Waals surface area contributed by atoms with Gasteiger partial charge in [0.2, 0.25) is 43.7 Å². The minimum Gasteiger partial charge on any atom is -0.444 e. The van der Waals surface area contributed by atoms with Crippen LogP contribution in [0.3, 0.4) is 0 Å². The summed E-state index contributed by atoms with van der Waals surface area (Å²) in [5.41, 5.74) is 2.01. The Labute approximate surface area is 642 Å². The number of carbonyl (C=O) groups is 9. The number of carbonyl (C=O) groups excluding carboxylic acids is 9. The van der Waals surface area contributed by atoms with Crippen molar-refractivity contribution in [1.29, 1.82) is 0 Å². The molecule has 10 aliphatic carbocycles. The van der Waals surface area contributed by atoms with Crippen molar-refractivity contribution < 1.29 is 64.7 Å². The number of hydrogen-bond acceptors (Lipinski definition) is 15. The van der Waals surface area contributed by atoms with Gasteiger partial charge in [0.05, 0.1) is 44.5 Å².